The van der Waals surface area contributed by atoms with Crippen LogP contribution in [0, 0.1) is 11.8 Å². The van der Waals surface area contributed by atoms with E-state index >= 15 is 0 Å². The van der Waals surface area contributed by atoms with Crippen LogP contribution in [-0.4, -0.2) is 42.1 Å². The van der Waals surface area contributed by atoms with Gasteiger partial charge in [0.2, 0.25) is 0 Å². The van der Waals surface area contributed by atoms with Crippen molar-refractivity contribution in [2.24, 2.45) is 0 Å². The van der Waals surface area contributed by atoms with Crippen molar-refractivity contribution >= 4 is 23.9 Å². The summed E-state index contributed by atoms with van der Waals surface area (Å²) in [5.74, 6) is 6.12. The van der Waals surface area contributed by atoms with Gasteiger partial charge < -0.3 is 23.5 Å². The van der Waals surface area contributed by atoms with Crippen LogP contribution in [0.15, 0.2) is 58.3 Å². The Bertz CT molecular complexity index is 1780. The number of H-pyrrole nitrogens is 1. The molecule has 0 spiro atoms. The van der Waals surface area contributed by atoms with Gasteiger partial charge >= 0.3 is 5.69 Å². The predicted molar refractivity (Wildman–Crippen MR) is 145 cm³/mol. The molecule has 1 aromatic heterocycles. The SMILES string of the molecule is CO[C@@H]1C[C@H](n2cc(C#Cc3ccc4ccc5c6c4c3CC=C6C=CC5)c(=O)[nH]c2=O)O[C@@H]1COP(C)(=O)[O-]. The van der Waals surface area contributed by atoms with Crippen molar-refractivity contribution in [2.45, 2.75) is 37.7 Å². The van der Waals surface area contributed by atoms with Crippen LogP contribution in [0.4, 0.5) is 0 Å². The summed E-state index contributed by atoms with van der Waals surface area (Å²) < 4.78 is 28.9. The third kappa shape index (κ3) is 4.87. The van der Waals surface area contributed by atoms with Gasteiger partial charge in [0.25, 0.3) is 5.56 Å². The third-order valence-electron chi connectivity index (χ3n) is 7.40. The van der Waals surface area contributed by atoms with Gasteiger partial charge in [-0.05, 0) is 51.9 Å². The van der Waals surface area contributed by atoms with Crippen LogP contribution in [0.5, 0.6) is 0 Å². The molecule has 1 saturated heterocycles. The number of nitrogens with one attached hydrogen (secondary N) is 1. The molecular weight excluding hydrogens is 519 g/mol. The van der Waals surface area contributed by atoms with E-state index in [0.717, 1.165) is 36.0 Å². The van der Waals surface area contributed by atoms with E-state index in [-0.39, 0.29) is 18.6 Å². The molecule has 0 saturated carbocycles. The highest BCUT2D eigenvalue weighted by Crippen LogP contribution is 2.40. The summed E-state index contributed by atoms with van der Waals surface area (Å²) in [6.07, 6.45) is 7.83. The maximum absolute atomic E-state index is 12.7. The number of hydrogen-bond acceptors (Lipinski definition) is 7. The number of ether oxygens (including phenoxy) is 2. The lowest BCUT2D eigenvalue weighted by Gasteiger charge is -2.23. The second kappa shape index (κ2) is 9.91. The average molecular weight is 546 g/mol. The monoisotopic (exact) mass is 545 g/mol. The van der Waals surface area contributed by atoms with Crippen molar-refractivity contribution in [3.05, 3.63) is 97.3 Å². The zero-order valence-corrected chi connectivity index (χ0v) is 22.3. The van der Waals surface area contributed by atoms with E-state index in [9.17, 15) is 19.0 Å². The molecule has 1 fully saturated rings. The number of rotatable bonds is 5. The Balaban J connectivity index is 1.34. The van der Waals surface area contributed by atoms with E-state index in [4.69, 9.17) is 14.0 Å². The molecule has 1 unspecified atom stereocenters. The van der Waals surface area contributed by atoms with E-state index in [1.165, 1.54) is 40.0 Å². The quantitative estimate of drug-likeness (QED) is 0.386. The zero-order chi connectivity index (χ0) is 27.3. The lowest BCUT2D eigenvalue weighted by atomic mass is 9.80. The Kier molecular flexibility index (Phi) is 6.54. The maximum Gasteiger partial charge on any atom is 0.330 e. The molecule has 4 atom stereocenters. The van der Waals surface area contributed by atoms with E-state index in [1.807, 2.05) is 12.1 Å². The number of allylic oxidation sites excluding steroid dienone is 4. The molecule has 3 aromatic rings. The van der Waals surface area contributed by atoms with Gasteiger partial charge in [-0.25, -0.2) is 4.79 Å². The number of benzene rings is 2. The van der Waals surface area contributed by atoms with Gasteiger partial charge in [-0.2, -0.15) is 0 Å². The summed E-state index contributed by atoms with van der Waals surface area (Å²) in [5.41, 5.74) is 4.59. The molecule has 0 radical (unpaired) electrons. The van der Waals surface area contributed by atoms with Crippen molar-refractivity contribution in [1.29, 1.82) is 0 Å². The molecule has 1 aliphatic heterocycles. The summed E-state index contributed by atoms with van der Waals surface area (Å²) in [6.45, 7) is 0.737. The highest BCUT2D eigenvalue weighted by molar-refractivity contribution is 7.50. The predicted octanol–water partition coefficient (Wildman–Crippen LogP) is 2.64. The number of methoxy groups -OCH3 is 1. The standard InChI is InChI=1S/C29H27N2O7P/c1-36-23-14-25(38-24(23)16-37-39(2,34)35)31-15-21(28(32)30-29(31)33)11-7-17-6-8-20-10-9-18-4-3-5-19-12-13-22(17)27(20)26(18)19/h3,5-6,8-10,12,15,23-25H,4,13-14,16H2,1-2H3,(H,34,35)(H,30,32,33)/p-1/t23-,24-,25-/m1/s1. The number of hydrogen-bond donors (Lipinski definition) is 1. The average Bonchev–Trinajstić information content (AvgIpc) is 3.33. The Morgan fingerprint density at radius 2 is 1.97 bits per heavy atom. The minimum atomic E-state index is -3.96. The molecular formula is C29H26N2O7P-. The van der Waals surface area contributed by atoms with Crippen LogP contribution in [0.2, 0.25) is 0 Å². The first-order valence-corrected chi connectivity index (χ1v) is 14.6. The fourth-order valence-electron chi connectivity index (χ4n) is 5.54. The van der Waals surface area contributed by atoms with Gasteiger partial charge in [-0.3, -0.25) is 14.3 Å². The second-order valence-electron chi connectivity index (χ2n) is 9.93. The van der Waals surface area contributed by atoms with Gasteiger partial charge in [0.05, 0.1) is 12.7 Å². The molecule has 0 bridgehead atoms. The minimum Gasteiger partial charge on any atom is -0.779 e. The minimum absolute atomic E-state index is 0.113. The highest BCUT2D eigenvalue weighted by Gasteiger charge is 2.37. The summed E-state index contributed by atoms with van der Waals surface area (Å²) in [4.78, 5) is 39.1. The van der Waals surface area contributed by atoms with Crippen molar-refractivity contribution in [1.82, 2.24) is 9.55 Å². The van der Waals surface area contributed by atoms with Crippen LogP contribution in [0.1, 0.15) is 40.5 Å². The Morgan fingerprint density at radius 1 is 1.18 bits per heavy atom. The number of aromatic amines is 1. The Hall–Kier alpha value is -3.51. The van der Waals surface area contributed by atoms with Gasteiger partial charge in [0, 0.05) is 32.0 Å². The normalized spacial score (nSPS) is 22.7. The van der Waals surface area contributed by atoms with Crippen LogP contribution < -0.4 is 16.1 Å². The van der Waals surface area contributed by atoms with Crippen LogP contribution in [0.25, 0.3) is 16.3 Å². The van der Waals surface area contributed by atoms with Gasteiger partial charge in [0.15, 0.2) is 0 Å². The van der Waals surface area contributed by atoms with Crippen molar-refractivity contribution in [3.8, 4) is 11.8 Å². The molecule has 2 aliphatic carbocycles. The van der Waals surface area contributed by atoms with Crippen molar-refractivity contribution in [3.63, 3.8) is 0 Å². The van der Waals surface area contributed by atoms with E-state index in [0.29, 0.717) is 0 Å². The van der Waals surface area contributed by atoms with E-state index in [2.05, 4.69) is 47.2 Å². The molecule has 3 aliphatic rings. The Labute approximate surface area is 224 Å². The maximum atomic E-state index is 12.7. The largest absolute Gasteiger partial charge is 0.779 e. The van der Waals surface area contributed by atoms with Gasteiger partial charge in [-0.15, -0.1) is 0 Å². The highest BCUT2D eigenvalue weighted by atomic mass is 31.2. The van der Waals surface area contributed by atoms with Gasteiger partial charge in [0.1, 0.15) is 25.5 Å². The third-order valence-corrected chi connectivity index (χ3v) is 8.01. The van der Waals surface area contributed by atoms with Crippen molar-refractivity contribution < 1.29 is 23.5 Å². The first-order chi connectivity index (χ1) is 18.7. The molecule has 2 aromatic carbocycles. The van der Waals surface area contributed by atoms with E-state index < -0.39 is 37.3 Å². The molecule has 0 amide bonds. The first-order valence-electron chi connectivity index (χ1n) is 12.6. The Morgan fingerprint density at radius 3 is 2.77 bits per heavy atom. The lowest BCUT2D eigenvalue weighted by molar-refractivity contribution is -0.200. The fourth-order valence-corrected chi connectivity index (χ4v) is 5.96. The van der Waals surface area contributed by atoms with Gasteiger partial charge in [-0.1, -0.05) is 48.3 Å². The van der Waals surface area contributed by atoms with Crippen LogP contribution >= 0.6 is 7.60 Å². The van der Waals surface area contributed by atoms with E-state index in [1.54, 1.807) is 0 Å². The fraction of sp³-hybridized carbons (Fsp3) is 0.310. The molecule has 6 rings (SSSR count). The molecule has 10 heteroatoms. The molecule has 1 N–H and O–H groups in total. The molecule has 200 valence electrons. The van der Waals surface area contributed by atoms with Crippen LogP contribution in [-0.2, 0) is 31.4 Å². The molecule has 9 nitrogen and oxygen atoms in total. The summed E-state index contributed by atoms with van der Waals surface area (Å²) >= 11 is 0. The van der Waals surface area contributed by atoms with Crippen molar-refractivity contribution in [2.75, 3.05) is 20.4 Å². The number of nitrogens with zero attached hydrogens (tertiary/aromatic N) is 1. The summed E-state index contributed by atoms with van der Waals surface area (Å²) in [5, 5.41) is 2.36. The zero-order valence-electron chi connectivity index (χ0n) is 21.4. The lowest BCUT2D eigenvalue weighted by Crippen LogP contribution is -2.33. The topological polar surface area (TPSA) is 123 Å². The smallest absolute Gasteiger partial charge is 0.330 e. The molecule has 2 heterocycles. The van der Waals surface area contributed by atoms with Crippen LogP contribution in [0.3, 0.4) is 0 Å². The summed E-state index contributed by atoms with van der Waals surface area (Å²) in [6, 6.07) is 8.33. The summed E-state index contributed by atoms with van der Waals surface area (Å²) in [7, 11) is -2.49. The first kappa shape index (κ1) is 25.8. The second-order valence-corrected chi connectivity index (χ2v) is 11.7. The molecule has 39 heavy (non-hydrogen) atoms. The number of aromatic nitrogens is 2.